The van der Waals surface area contributed by atoms with Crippen LogP contribution in [-0.2, 0) is 4.79 Å². The molecule has 0 rings (SSSR count). The van der Waals surface area contributed by atoms with Crippen LogP contribution in [0.5, 0.6) is 0 Å². The van der Waals surface area contributed by atoms with Crippen LogP contribution < -0.4 is 17.2 Å². The van der Waals surface area contributed by atoms with Crippen molar-refractivity contribution in [1.29, 1.82) is 0 Å². The van der Waals surface area contributed by atoms with E-state index >= 15 is 0 Å². The predicted octanol–water partition coefficient (Wildman–Crippen LogP) is -1.20. The molecule has 10 heavy (non-hydrogen) atoms. The lowest BCUT2D eigenvalue weighted by Gasteiger charge is -2.17. The van der Waals surface area contributed by atoms with Crippen LogP contribution in [0.1, 0.15) is 12.8 Å². The van der Waals surface area contributed by atoms with Crippen LogP contribution in [-0.4, -0.2) is 17.3 Å². The third-order valence-corrected chi connectivity index (χ3v) is 1.63. The van der Waals surface area contributed by atoms with Crippen molar-refractivity contribution in [2.24, 2.45) is 17.2 Å². The van der Waals surface area contributed by atoms with Gasteiger partial charge in [0.15, 0.2) is 0 Å². The summed E-state index contributed by atoms with van der Waals surface area (Å²) in [6, 6.07) is 0. The van der Waals surface area contributed by atoms with Gasteiger partial charge in [0.2, 0.25) is 5.91 Å². The highest BCUT2D eigenvalue weighted by atomic mass is 32.1. The van der Waals surface area contributed by atoms with E-state index in [0.717, 1.165) is 0 Å². The van der Waals surface area contributed by atoms with Gasteiger partial charge in [-0.1, -0.05) is 0 Å². The highest BCUT2D eigenvalue weighted by Crippen LogP contribution is 2.12. The molecule has 0 heterocycles. The Balaban J connectivity index is 3.75. The number of primary amides is 1. The van der Waals surface area contributed by atoms with E-state index in [4.69, 9.17) is 17.2 Å². The highest BCUT2D eigenvalue weighted by molar-refractivity contribution is 7.82. The summed E-state index contributed by atoms with van der Waals surface area (Å²) in [6.45, 7) is 0.493. The molecule has 1 unspecified atom stereocenters. The van der Waals surface area contributed by atoms with Gasteiger partial charge in [-0.25, -0.2) is 0 Å². The van der Waals surface area contributed by atoms with Crippen LogP contribution >= 0.6 is 12.6 Å². The fourth-order valence-corrected chi connectivity index (χ4v) is 0.653. The molecule has 0 aromatic rings. The highest BCUT2D eigenvalue weighted by Gasteiger charge is 2.25. The van der Waals surface area contributed by atoms with E-state index in [9.17, 15) is 4.79 Å². The number of rotatable bonds is 4. The second-order valence-electron chi connectivity index (χ2n) is 2.18. The molecule has 1 atom stereocenters. The van der Waals surface area contributed by atoms with Crippen molar-refractivity contribution >= 4 is 18.5 Å². The summed E-state index contributed by atoms with van der Waals surface area (Å²) in [4.78, 5) is 9.31. The lowest BCUT2D eigenvalue weighted by molar-refractivity contribution is -0.120. The molecule has 0 aliphatic rings. The second-order valence-corrected chi connectivity index (χ2v) is 2.98. The van der Waals surface area contributed by atoms with Crippen molar-refractivity contribution < 1.29 is 4.79 Å². The predicted molar refractivity (Wildman–Crippen MR) is 43.4 cm³/mol. The minimum atomic E-state index is -1.20. The maximum Gasteiger partial charge on any atom is 0.247 e. The number of hydrogen-bond acceptors (Lipinski definition) is 4. The lowest BCUT2D eigenvalue weighted by atomic mass is 10.1. The van der Waals surface area contributed by atoms with E-state index in [1.165, 1.54) is 0 Å². The van der Waals surface area contributed by atoms with Crippen LogP contribution in [0.2, 0.25) is 0 Å². The quantitative estimate of drug-likeness (QED) is 0.309. The van der Waals surface area contributed by atoms with Crippen molar-refractivity contribution in [2.75, 3.05) is 6.54 Å². The summed E-state index contributed by atoms with van der Waals surface area (Å²) in [7, 11) is 0. The number of nitrogens with two attached hydrogens (primary N) is 3. The molecule has 6 N–H and O–H groups in total. The maximum absolute atomic E-state index is 10.5. The zero-order valence-corrected chi connectivity index (χ0v) is 6.60. The fourth-order valence-electron chi connectivity index (χ4n) is 0.495. The topological polar surface area (TPSA) is 95.1 Å². The Hall–Kier alpha value is -0.260. The molecule has 0 bridgehead atoms. The van der Waals surface area contributed by atoms with Gasteiger partial charge in [-0.2, -0.15) is 0 Å². The third kappa shape index (κ3) is 3.05. The Morgan fingerprint density at radius 1 is 1.60 bits per heavy atom. The average molecular weight is 163 g/mol. The van der Waals surface area contributed by atoms with Crippen LogP contribution in [0.4, 0.5) is 0 Å². The molecular weight excluding hydrogens is 150 g/mol. The molecule has 0 spiro atoms. The van der Waals surface area contributed by atoms with E-state index in [1.807, 2.05) is 0 Å². The van der Waals surface area contributed by atoms with E-state index in [2.05, 4.69) is 12.6 Å². The molecular formula is C5H13N3OS. The van der Waals surface area contributed by atoms with E-state index in [-0.39, 0.29) is 0 Å². The summed E-state index contributed by atoms with van der Waals surface area (Å²) in [5.41, 5.74) is 15.5. The molecule has 5 heteroatoms. The lowest BCUT2D eigenvalue weighted by Crippen LogP contribution is -2.47. The first-order chi connectivity index (χ1) is 4.50. The molecule has 1 amide bonds. The third-order valence-electron chi connectivity index (χ3n) is 1.19. The Morgan fingerprint density at radius 3 is 2.40 bits per heavy atom. The van der Waals surface area contributed by atoms with Crippen molar-refractivity contribution in [3.8, 4) is 0 Å². The zero-order valence-electron chi connectivity index (χ0n) is 5.71. The van der Waals surface area contributed by atoms with E-state index in [0.29, 0.717) is 19.4 Å². The van der Waals surface area contributed by atoms with Crippen LogP contribution in [0, 0.1) is 0 Å². The molecule has 4 nitrogen and oxygen atoms in total. The summed E-state index contributed by atoms with van der Waals surface area (Å²) < 4.78 is 0. The summed E-state index contributed by atoms with van der Waals surface area (Å²) in [5, 5.41) is 0. The van der Waals surface area contributed by atoms with Crippen LogP contribution in [0.25, 0.3) is 0 Å². The van der Waals surface area contributed by atoms with Crippen molar-refractivity contribution in [2.45, 2.75) is 17.7 Å². The Bertz CT molecular complexity index is 126. The molecule has 0 aromatic heterocycles. The molecule has 60 valence electrons. The Morgan fingerprint density at radius 2 is 2.10 bits per heavy atom. The standard InChI is InChI=1S/C5H13N3OS/c6-3-1-2-5(8,10)4(7)9/h10H,1-3,6,8H2,(H2,7,9). The molecule has 0 aliphatic carbocycles. The number of thiol groups is 1. The number of carbonyl (C=O) groups is 1. The summed E-state index contributed by atoms with van der Waals surface area (Å²) in [5.74, 6) is -0.607. The average Bonchev–Trinajstić information content (AvgIpc) is 1.84. The van der Waals surface area contributed by atoms with Crippen LogP contribution in [0.15, 0.2) is 0 Å². The monoisotopic (exact) mass is 163 g/mol. The van der Waals surface area contributed by atoms with Gasteiger partial charge in [-0.15, -0.1) is 12.6 Å². The molecule has 0 saturated carbocycles. The summed E-state index contributed by atoms with van der Waals surface area (Å²) >= 11 is 3.86. The number of carbonyl (C=O) groups excluding carboxylic acids is 1. The zero-order chi connectivity index (χ0) is 8.20. The fraction of sp³-hybridized carbons (Fsp3) is 0.800. The largest absolute Gasteiger partial charge is 0.367 e. The molecule has 0 saturated heterocycles. The van der Waals surface area contributed by atoms with Crippen molar-refractivity contribution in [3.63, 3.8) is 0 Å². The molecule has 0 fully saturated rings. The number of amides is 1. The van der Waals surface area contributed by atoms with Gasteiger partial charge in [0.05, 0.1) is 0 Å². The van der Waals surface area contributed by atoms with Crippen LogP contribution in [0.3, 0.4) is 0 Å². The Kier molecular flexibility index (Phi) is 3.70. The number of hydrogen-bond donors (Lipinski definition) is 4. The minimum Gasteiger partial charge on any atom is -0.367 e. The van der Waals surface area contributed by atoms with Gasteiger partial charge in [0.25, 0.3) is 0 Å². The van der Waals surface area contributed by atoms with Gasteiger partial charge in [-0.05, 0) is 19.4 Å². The van der Waals surface area contributed by atoms with E-state index < -0.39 is 10.8 Å². The normalized spacial score (nSPS) is 16.3. The Labute approximate surface area is 65.5 Å². The second kappa shape index (κ2) is 3.80. The summed E-state index contributed by atoms with van der Waals surface area (Å²) in [6.07, 6.45) is 1.07. The van der Waals surface area contributed by atoms with Gasteiger partial charge in [0, 0.05) is 0 Å². The smallest absolute Gasteiger partial charge is 0.247 e. The molecule has 0 radical (unpaired) electrons. The van der Waals surface area contributed by atoms with Crippen molar-refractivity contribution in [1.82, 2.24) is 0 Å². The SMILES string of the molecule is NCCCC(N)(S)C(N)=O. The van der Waals surface area contributed by atoms with Gasteiger partial charge < -0.3 is 17.2 Å². The first-order valence-corrected chi connectivity index (χ1v) is 3.46. The molecule has 0 aliphatic heterocycles. The first-order valence-electron chi connectivity index (χ1n) is 3.02. The molecule has 0 aromatic carbocycles. The van der Waals surface area contributed by atoms with Gasteiger partial charge in [-0.3, -0.25) is 4.79 Å². The van der Waals surface area contributed by atoms with Crippen molar-refractivity contribution in [3.05, 3.63) is 0 Å². The minimum absolute atomic E-state index is 0.419. The van der Waals surface area contributed by atoms with Gasteiger partial charge >= 0.3 is 0 Å². The van der Waals surface area contributed by atoms with Gasteiger partial charge in [0.1, 0.15) is 4.87 Å². The van der Waals surface area contributed by atoms with E-state index in [1.54, 1.807) is 0 Å². The first kappa shape index (κ1) is 9.74. The maximum atomic E-state index is 10.5.